The highest BCUT2D eigenvalue weighted by atomic mass is 32.2. The lowest BCUT2D eigenvalue weighted by atomic mass is 9.98. The number of hydrogen-bond acceptors (Lipinski definition) is 4. The Labute approximate surface area is 170 Å². The molecule has 2 aromatic rings. The summed E-state index contributed by atoms with van der Waals surface area (Å²) < 4.78 is 46.2. The molecule has 0 unspecified atom stereocenters. The topological polar surface area (TPSA) is 75.7 Å². The first kappa shape index (κ1) is 21.3. The molecule has 1 heterocycles. The summed E-state index contributed by atoms with van der Waals surface area (Å²) in [4.78, 5) is 12.6. The predicted molar refractivity (Wildman–Crippen MR) is 109 cm³/mol. The summed E-state index contributed by atoms with van der Waals surface area (Å²) in [6.07, 6.45) is 1.13. The van der Waals surface area contributed by atoms with Gasteiger partial charge in [0.1, 0.15) is 16.5 Å². The van der Waals surface area contributed by atoms with Gasteiger partial charge in [-0.3, -0.25) is 4.79 Å². The molecule has 3 rings (SSSR count). The van der Waals surface area contributed by atoms with E-state index in [0.717, 1.165) is 28.9 Å². The molecule has 0 saturated carbocycles. The predicted octanol–water partition coefficient (Wildman–Crippen LogP) is 3.49. The Hall–Kier alpha value is -2.45. The van der Waals surface area contributed by atoms with Crippen molar-refractivity contribution in [2.45, 2.75) is 31.6 Å². The van der Waals surface area contributed by atoms with Crippen molar-refractivity contribution in [1.82, 2.24) is 4.31 Å². The second-order valence-corrected chi connectivity index (χ2v) is 9.14. The number of piperidine rings is 1. The van der Waals surface area contributed by atoms with Gasteiger partial charge in [-0.25, -0.2) is 12.8 Å². The van der Waals surface area contributed by atoms with Crippen LogP contribution in [0.2, 0.25) is 0 Å². The molecule has 1 amide bonds. The number of rotatable bonds is 5. The summed E-state index contributed by atoms with van der Waals surface area (Å²) in [6.45, 7) is 4.21. The molecule has 1 N–H and O–H groups in total. The summed E-state index contributed by atoms with van der Waals surface area (Å²) in [6, 6.07) is 9.05. The molecule has 2 aromatic carbocycles. The molecule has 0 aromatic heterocycles. The number of anilines is 1. The molecule has 0 aliphatic carbocycles. The number of nitrogens with one attached hydrogen (secondary N) is 1. The van der Waals surface area contributed by atoms with E-state index < -0.39 is 21.8 Å². The Morgan fingerprint density at radius 1 is 1.24 bits per heavy atom. The van der Waals surface area contributed by atoms with Crippen LogP contribution in [0.5, 0.6) is 5.75 Å². The zero-order valence-electron chi connectivity index (χ0n) is 16.7. The first-order valence-corrected chi connectivity index (χ1v) is 10.9. The van der Waals surface area contributed by atoms with Gasteiger partial charge in [-0.05, 0) is 62.1 Å². The molecule has 8 heteroatoms. The molecule has 1 atom stereocenters. The number of sulfonamides is 1. The van der Waals surface area contributed by atoms with Crippen molar-refractivity contribution in [3.05, 3.63) is 53.3 Å². The monoisotopic (exact) mass is 420 g/mol. The fourth-order valence-corrected chi connectivity index (χ4v) is 5.18. The minimum absolute atomic E-state index is 0.0404. The summed E-state index contributed by atoms with van der Waals surface area (Å²) >= 11 is 0. The third kappa shape index (κ3) is 4.43. The quantitative estimate of drug-likeness (QED) is 0.803. The van der Waals surface area contributed by atoms with Crippen LogP contribution in [0.1, 0.15) is 24.0 Å². The Bertz CT molecular complexity index is 1020. The van der Waals surface area contributed by atoms with Gasteiger partial charge in [0.15, 0.2) is 0 Å². The van der Waals surface area contributed by atoms with E-state index in [1.54, 1.807) is 0 Å². The van der Waals surface area contributed by atoms with Crippen LogP contribution in [-0.2, 0) is 14.8 Å². The number of nitrogens with zero attached hydrogens (tertiary/aromatic N) is 1. The van der Waals surface area contributed by atoms with Crippen molar-refractivity contribution in [2.24, 2.45) is 5.92 Å². The number of carbonyl (C=O) groups is 1. The van der Waals surface area contributed by atoms with Crippen molar-refractivity contribution in [1.29, 1.82) is 0 Å². The van der Waals surface area contributed by atoms with Crippen molar-refractivity contribution in [2.75, 3.05) is 25.5 Å². The van der Waals surface area contributed by atoms with E-state index in [2.05, 4.69) is 5.32 Å². The Balaban J connectivity index is 1.80. The number of halogens is 1. The molecule has 29 heavy (non-hydrogen) atoms. The first-order valence-electron chi connectivity index (χ1n) is 9.45. The van der Waals surface area contributed by atoms with Gasteiger partial charge < -0.3 is 10.1 Å². The maximum atomic E-state index is 13.7. The summed E-state index contributed by atoms with van der Waals surface area (Å²) in [7, 11) is -2.66. The highest BCUT2D eigenvalue weighted by Crippen LogP contribution is 2.31. The lowest BCUT2D eigenvalue weighted by Crippen LogP contribution is -2.43. The number of ether oxygens (including phenoxy) is 1. The number of aryl methyl sites for hydroxylation is 1. The van der Waals surface area contributed by atoms with Crippen LogP contribution in [0.4, 0.5) is 10.1 Å². The Morgan fingerprint density at radius 2 is 2.00 bits per heavy atom. The number of hydrogen-bond donors (Lipinski definition) is 1. The van der Waals surface area contributed by atoms with Crippen LogP contribution >= 0.6 is 0 Å². The molecule has 0 spiro atoms. The van der Waals surface area contributed by atoms with Crippen molar-refractivity contribution >= 4 is 21.6 Å². The average molecular weight is 421 g/mol. The minimum atomic E-state index is -3.99. The summed E-state index contributed by atoms with van der Waals surface area (Å²) in [5.41, 5.74) is 2.77. The van der Waals surface area contributed by atoms with Crippen LogP contribution in [0, 0.1) is 25.6 Å². The van der Waals surface area contributed by atoms with Gasteiger partial charge in [-0.1, -0.05) is 12.1 Å². The molecule has 1 aliphatic heterocycles. The third-order valence-corrected chi connectivity index (χ3v) is 7.25. The zero-order valence-corrected chi connectivity index (χ0v) is 17.6. The maximum absolute atomic E-state index is 13.7. The van der Waals surface area contributed by atoms with Crippen LogP contribution < -0.4 is 10.1 Å². The van der Waals surface area contributed by atoms with Crippen molar-refractivity contribution in [3.63, 3.8) is 0 Å². The highest BCUT2D eigenvalue weighted by Gasteiger charge is 2.35. The second-order valence-electron chi connectivity index (χ2n) is 7.23. The minimum Gasteiger partial charge on any atom is -0.495 e. The van der Waals surface area contributed by atoms with Crippen molar-refractivity contribution < 1.29 is 22.3 Å². The largest absolute Gasteiger partial charge is 0.495 e. The van der Waals surface area contributed by atoms with Crippen LogP contribution in [0.15, 0.2) is 41.3 Å². The fourth-order valence-electron chi connectivity index (χ4n) is 3.49. The molecule has 0 radical (unpaired) electrons. The first-order chi connectivity index (χ1) is 13.7. The van der Waals surface area contributed by atoms with Gasteiger partial charge in [-0.15, -0.1) is 0 Å². The summed E-state index contributed by atoms with van der Waals surface area (Å²) in [5, 5.41) is 2.92. The summed E-state index contributed by atoms with van der Waals surface area (Å²) in [5.74, 6) is -1.29. The molecular formula is C21H25FN2O4S. The van der Waals surface area contributed by atoms with E-state index >= 15 is 0 Å². The van der Waals surface area contributed by atoms with E-state index in [4.69, 9.17) is 4.74 Å². The second kappa shape index (κ2) is 8.51. The standard InChI is InChI=1S/C21H25FN2O4S/c1-14-6-4-8-18(15(14)2)23-21(25)16-7-5-11-24(13-16)29(26,27)20-12-17(22)9-10-19(20)28-3/h4,6,8-10,12,16H,5,7,11,13H2,1-3H3,(H,23,25)/t16-/m0/s1. The average Bonchev–Trinajstić information content (AvgIpc) is 2.71. The van der Waals surface area contributed by atoms with Crippen LogP contribution in [0.25, 0.3) is 0 Å². The van der Waals surface area contributed by atoms with E-state index in [9.17, 15) is 17.6 Å². The number of methoxy groups -OCH3 is 1. The number of benzene rings is 2. The van der Waals surface area contributed by atoms with Gasteiger partial charge in [0.25, 0.3) is 0 Å². The maximum Gasteiger partial charge on any atom is 0.246 e. The molecule has 6 nitrogen and oxygen atoms in total. The molecule has 1 aliphatic rings. The fraction of sp³-hybridized carbons (Fsp3) is 0.381. The van der Waals surface area contributed by atoms with Gasteiger partial charge in [0, 0.05) is 18.8 Å². The lowest BCUT2D eigenvalue weighted by molar-refractivity contribution is -0.120. The van der Waals surface area contributed by atoms with E-state index in [-0.39, 0.29) is 29.6 Å². The van der Waals surface area contributed by atoms with Gasteiger partial charge in [-0.2, -0.15) is 4.31 Å². The van der Waals surface area contributed by atoms with E-state index in [0.29, 0.717) is 12.8 Å². The zero-order chi connectivity index (χ0) is 21.2. The smallest absolute Gasteiger partial charge is 0.246 e. The molecule has 156 valence electrons. The van der Waals surface area contributed by atoms with E-state index in [1.165, 1.54) is 17.5 Å². The Kier molecular flexibility index (Phi) is 6.24. The number of carbonyl (C=O) groups excluding carboxylic acids is 1. The third-order valence-electron chi connectivity index (χ3n) is 5.36. The van der Waals surface area contributed by atoms with Gasteiger partial charge in [0.05, 0.1) is 13.0 Å². The highest BCUT2D eigenvalue weighted by molar-refractivity contribution is 7.89. The van der Waals surface area contributed by atoms with Gasteiger partial charge >= 0.3 is 0 Å². The van der Waals surface area contributed by atoms with Gasteiger partial charge in [0.2, 0.25) is 15.9 Å². The lowest BCUT2D eigenvalue weighted by Gasteiger charge is -2.31. The van der Waals surface area contributed by atoms with Crippen LogP contribution in [0.3, 0.4) is 0 Å². The molecular weight excluding hydrogens is 395 g/mol. The van der Waals surface area contributed by atoms with Crippen LogP contribution in [-0.4, -0.2) is 38.8 Å². The Morgan fingerprint density at radius 3 is 2.72 bits per heavy atom. The SMILES string of the molecule is COc1ccc(F)cc1S(=O)(=O)N1CCC[C@H](C(=O)Nc2cccc(C)c2C)C1. The molecule has 0 bridgehead atoms. The van der Waals surface area contributed by atoms with Crippen molar-refractivity contribution in [3.8, 4) is 5.75 Å². The normalized spacial score (nSPS) is 17.7. The number of amides is 1. The van der Waals surface area contributed by atoms with E-state index in [1.807, 2.05) is 32.0 Å². The molecule has 1 fully saturated rings. The molecule has 1 saturated heterocycles.